The minimum Gasteiger partial charge on any atom is -0.479 e. The Kier molecular flexibility index (Phi) is 5.02. The molecule has 1 aliphatic heterocycles. The van der Waals surface area contributed by atoms with Gasteiger partial charge < -0.3 is 29.9 Å². The van der Waals surface area contributed by atoms with Crippen LogP contribution in [0.5, 0.6) is 5.75 Å². The maximum absolute atomic E-state index is 11.0. The van der Waals surface area contributed by atoms with Crippen molar-refractivity contribution < 1.29 is 34.7 Å². The molecule has 2 rings (SSSR count). The zero-order valence-corrected chi connectivity index (χ0v) is 12.3. The Morgan fingerprint density at radius 1 is 1.23 bits per heavy atom. The second-order valence-corrected chi connectivity index (χ2v) is 5.31. The molecule has 4 N–H and O–H groups in total. The van der Waals surface area contributed by atoms with Gasteiger partial charge in [-0.15, -0.1) is 0 Å². The summed E-state index contributed by atoms with van der Waals surface area (Å²) in [5.41, 5.74) is 1.90. The van der Waals surface area contributed by atoms with Crippen molar-refractivity contribution in [1.29, 1.82) is 0 Å². The van der Waals surface area contributed by atoms with Gasteiger partial charge in [0.2, 0.25) is 6.29 Å². The summed E-state index contributed by atoms with van der Waals surface area (Å²) in [6.45, 7) is 3.82. The first-order valence-electron chi connectivity index (χ1n) is 7.03. The monoisotopic (exact) mass is 312 g/mol. The van der Waals surface area contributed by atoms with E-state index in [2.05, 4.69) is 0 Å². The molecule has 0 unspecified atom stereocenters. The molecule has 7 heteroatoms. The van der Waals surface area contributed by atoms with Gasteiger partial charge in [-0.1, -0.05) is 19.1 Å². The Morgan fingerprint density at radius 3 is 2.45 bits per heavy atom. The number of carboxylic acids is 1. The molecule has 1 aliphatic rings. The highest BCUT2D eigenvalue weighted by Gasteiger charge is 2.48. The van der Waals surface area contributed by atoms with Gasteiger partial charge in [0, 0.05) is 0 Å². The second kappa shape index (κ2) is 6.62. The fraction of sp³-hybridized carbons (Fsp3) is 0.533. The van der Waals surface area contributed by atoms with E-state index in [0.717, 1.165) is 17.5 Å². The van der Waals surface area contributed by atoms with Crippen LogP contribution in [0.4, 0.5) is 0 Å². The average molecular weight is 312 g/mol. The topological polar surface area (TPSA) is 116 Å². The molecule has 122 valence electrons. The number of hydrogen-bond acceptors (Lipinski definition) is 6. The summed E-state index contributed by atoms with van der Waals surface area (Å²) in [5.74, 6) is -1.03. The molecule has 0 saturated carbocycles. The van der Waals surface area contributed by atoms with E-state index in [9.17, 15) is 20.1 Å². The van der Waals surface area contributed by atoms with E-state index in [0.29, 0.717) is 5.75 Å². The van der Waals surface area contributed by atoms with E-state index in [1.807, 2.05) is 26.0 Å². The summed E-state index contributed by atoms with van der Waals surface area (Å²) in [6, 6.07) is 5.44. The van der Waals surface area contributed by atoms with Crippen LogP contribution in [0.2, 0.25) is 0 Å². The van der Waals surface area contributed by atoms with E-state index in [4.69, 9.17) is 14.6 Å². The molecular weight excluding hydrogens is 292 g/mol. The number of aliphatic hydroxyl groups is 3. The van der Waals surface area contributed by atoms with Crippen molar-refractivity contribution >= 4 is 5.97 Å². The molecule has 5 atom stereocenters. The van der Waals surface area contributed by atoms with Crippen LogP contribution >= 0.6 is 0 Å². The van der Waals surface area contributed by atoms with Gasteiger partial charge in [-0.05, 0) is 30.5 Å². The lowest BCUT2D eigenvalue weighted by Gasteiger charge is -2.38. The summed E-state index contributed by atoms with van der Waals surface area (Å²) in [4.78, 5) is 11.0. The molecule has 7 nitrogen and oxygen atoms in total. The van der Waals surface area contributed by atoms with Crippen molar-refractivity contribution in [1.82, 2.24) is 0 Å². The Bertz CT molecular complexity index is 545. The normalized spacial score (nSPS) is 31.8. The van der Waals surface area contributed by atoms with Crippen LogP contribution in [0.1, 0.15) is 18.1 Å². The summed E-state index contributed by atoms with van der Waals surface area (Å²) in [6.07, 6.45) is -7.15. The van der Waals surface area contributed by atoms with Crippen molar-refractivity contribution in [2.75, 3.05) is 0 Å². The molecular formula is C15H20O7. The van der Waals surface area contributed by atoms with Crippen LogP contribution in [0.25, 0.3) is 0 Å². The standard InChI is InChI=1S/C15H20O7/c1-3-8-4-5-9(7(2)6-8)21-15-12(18)10(16)11(17)13(22-15)14(19)20/h4-6,10-13,15-18H,3H2,1-2H3,(H,19,20)/t10-,11-,12+,13-,15+/m0/s1. The van der Waals surface area contributed by atoms with Crippen LogP contribution in [-0.4, -0.2) is 57.1 Å². The van der Waals surface area contributed by atoms with Crippen molar-refractivity contribution in [3.63, 3.8) is 0 Å². The highest BCUT2D eigenvalue weighted by Crippen LogP contribution is 2.27. The zero-order chi connectivity index (χ0) is 16.4. The molecule has 0 spiro atoms. The Hall–Kier alpha value is -1.67. The molecule has 0 amide bonds. The van der Waals surface area contributed by atoms with E-state index in [-0.39, 0.29) is 0 Å². The van der Waals surface area contributed by atoms with Crippen LogP contribution in [0, 0.1) is 6.92 Å². The molecule has 0 bridgehead atoms. The predicted octanol–water partition coefficient (Wildman–Crippen LogP) is -0.172. The number of benzene rings is 1. The van der Waals surface area contributed by atoms with Crippen LogP contribution in [0.3, 0.4) is 0 Å². The zero-order valence-electron chi connectivity index (χ0n) is 12.3. The third-order valence-electron chi connectivity index (χ3n) is 3.70. The second-order valence-electron chi connectivity index (χ2n) is 5.31. The van der Waals surface area contributed by atoms with Crippen molar-refractivity contribution in [2.45, 2.75) is 51.0 Å². The molecule has 0 aliphatic carbocycles. The Labute approximate surface area is 127 Å². The Balaban J connectivity index is 2.19. The minimum absolute atomic E-state index is 0.411. The maximum atomic E-state index is 11.0. The summed E-state index contributed by atoms with van der Waals surface area (Å²) in [5, 5.41) is 38.2. The lowest BCUT2D eigenvalue weighted by Crippen LogP contribution is -2.61. The number of aliphatic carboxylic acids is 1. The third kappa shape index (κ3) is 3.22. The number of aliphatic hydroxyl groups excluding tert-OH is 3. The molecule has 0 aromatic heterocycles. The van der Waals surface area contributed by atoms with Gasteiger partial charge >= 0.3 is 5.97 Å². The molecule has 1 aromatic rings. The number of rotatable bonds is 4. The Morgan fingerprint density at radius 2 is 1.91 bits per heavy atom. The average Bonchev–Trinajstić information content (AvgIpc) is 2.49. The van der Waals surface area contributed by atoms with Gasteiger partial charge in [0.15, 0.2) is 6.10 Å². The van der Waals surface area contributed by atoms with Crippen LogP contribution in [-0.2, 0) is 16.0 Å². The molecule has 22 heavy (non-hydrogen) atoms. The van der Waals surface area contributed by atoms with Gasteiger partial charge in [-0.2, -0.15) is 0 Å². The summed E-state index contributed by atoms with van der Waals surface area (Å²) in [7, 11) is 0. The quantitative estimate of drug-likeness (QED) is 0.610. The first-order valence-corrected chi connectivity index (χ1v) is 7.03. The maximum Gasteiger partial charge on any atom is 0.335 e. The summed E-state index contributed by atoms with van der Waals surface area (Å²) < 4.78 is 10.6. The largest absolute Gasteiger partial charge is 0.479 e. The van der Waals surface area contributed by atoms with Gasteiger partial charge in [0.25, 0.3) is 0 Å². The van der Waals surface area contributed by atoms with E-state index in [1.165, 1.54) is 0 Å². The van der Waals surface area contributed by atoms with E-state index >= 15 is 0 Å². The van der Waals surface area contributed by atoms with Gasteiger partial charge in [-0.3, -0.25) is 0 Å². The number of carboxylic acid groups (broad SMARTS) is 1. The lowest BCUT2D eigenvalue weighted by atomic mass is 9.99. The highest BCUT2D eigenvalue weighted by molar-refractivity contribution is 5.73. The first-order chi connectivity index (χ1) is 10.3. The van der Waals surface area contributed by atoms with Crippen LogP contribution < -0.4 is 4.74 Å². The fourth-order valence-corrected chi connectivity index (χ4v) is 2.34. The molecule has 1 aromatic carbocycles. The molecule has 0 radical (unpaired) electrons. The van der Waals surface area contributed by atoms with Crippen molar-refractivity contribution in [2.24, 2.45) is 0 Å². The number of hydrogen-bond donors (Lipinski definition) is 4. The smallest absolute Gasteiger partial charge is 0.335 e. The molecule has 1 heterocycles. The summed E-state index contributed by atoms with van der Waals surface area (Å²) >= 11 is 0. The molecule has 1 fully saturated rings. The third-order valence-corrected chi connectivity index (χ3v) is 3.70. The predicted molar refractivity (Wildman–Crippen MR) is 75.5 cm³/mol. The van der Waals surface area contributed by atoms with Crippen molar-refractivity contribution in [3.05, 3.63) is 29.3 Å². The van der Waals surface area contributed by atoms with E-state index in [1.54, 1.807) is 6.07 Å². The number of carbonyl (C=O) groups is 1. The first kappa shape index (κ1) is 16.7. The number of ether oxygens (including phenoxy) is 2. The molecule has 1 saturated heterocycles. The van der Waals surface area contributed by atoms with E-state index < -0.39 is 36.7 Å². The lowest BCUT2D eigenvalue weighted by molar-refractivity contribution is -0.271. The van der Waals surface area contributed by atoms with Gasteiger partial charge in [0.1, 0.15) is 24.1 Å². The van der Waals surface area contributed by atoms with Gasteiger partial charge in [-0.25, -0.2) is 4.79 Å². The SMILES string of the molecule is CCc1ccc(O[C@@H]2O[C@H](C(=O)O)[C@@H](O)[C@H](O)[C@H]2O)c(C)c1. The van der Waals surface area contributed by atoms with Crippen molar-refractivity contribution in [3.8, 4) is 5.75 Å². The van der Waals surface area contributed by atoms with Crippen LogP contribution in [0.15, 0.2) is 18.2 Å². The minimum atomic E-state index is -1.73. The number of aryl methyl sites for hydroxylation is 2. The highest BCUT2D eigenvalue weighted by atomic mass is 16.7. The van der Waals surface area contributed by atoms with Gasteiger partial charge in [0.05, 0.1) is 0 Å². The fourth-order valence-electron chi connectivity index (χ4n) is 2.34.